The summed E-state index contributed by atoms with van der Waals surface area (Å²) in [5, 5.41) is 2.92. The first-order valence-corrected chi connectivity index (χ1v) is 7.68. The maximum absolute atomic E-state index is 14.2. The van der Waals surface area contributed by atoms with E-state index in [1.165, 1.54) is 13.0 Å². The number of piperidine rings is 1. The van der Waals surface area contributed by atoms with Gasteiger partial charge in [0.25, 0.3) is 0 Å². The Kier molecular flexibility index (Phi) is 4.84. The van der Waals surface area contributed by atoms with Crippen molar-refractivity contribution in [2.24, 2.45) is 5.92 Å². The van der Waals surface area contributed by atoms with E-state index in [4.69, 9.17) is 0 Å². The SMILES string of the molecule is CC(=O)NC1(c2ccccc2F)CCN(C(=O)C(C)C)CC1. The van der Waals surface area contributed by atoms with Crippen molar-refractivity contribution >= 4 is 11.8 Å². The number of likely N-dealkylation sites (tertiary alicyclic amines) is 1. The number of benzene rings is 1. The standard InChI is InChI=1S/C17H23FN2O2/c1-12(2)16(22)20-10-8-17(9-11-20,19-13(3)21)14-6-4-5-7-15(14)18/h4-7,12H,8-11H2,1-3H3,(H,19,21). The van der Waals surface area contributed by atoms with Gasteiger partial charge in [0.2, 0.25) is 11.8 Å². The molecule has 0 bridgehead atoms. The molecule has 1 fully saturated rings. The van der Waals surface area contributed by atoms with Crippen molar-refractivity contribution < 1.29 is 14.0 Å². The minimum Gasteiger partial charge on any atom is -0.347 e. The second-order valence-electron chi connectivity index (χ2n) is 6.22. The number of carbonyl (C=O) groups is 2. The molecule has 1 saturated heterocycles. The quantitative estimate of drug-likeness (QED) is 0.932. The number of nitrogens with one attached hydrogen (secondary N) is 1. The van der Waals surface area contributed by atoms with Crippen LogP contribution in [0.2, 0.25) is 0 Å². The van der Waals surface area contributed by atoms with Crippen molar-refractivity contribution in [2.75, 3.05) is 13.1 Å². The van der Waals surface area contributed by atoms with Crippen molar-refractivity contribution in [3.8, 4) is 0 Å². The third kappa shape index (κ3) is 3.29. The Morgan fingerprint density at radius 1 is 1.23 bits per heavy atom. The molecule has 120 valence electrons. The summed E-state index contributed by atoms with van der Waals surface area (Å²) in [6.45, 7) is 6.22. The topological polar surface area (TPSA) is 49.4 Å². The highest BCUT2D eigenvalue weighted by Gasteiger charge is 2.40. The normalized spacial score (nSPS) is 17.4. The van der Waals surface area contributed by atoms with Crippen LogP contribution in [0.1, 0.15) is 39.2 Å². The molecular formula is C17H23FN2O2. The molecule has 4 nitrogen and oxygen atoms in total. The van der Waals surface area contributed by atoms with Gasteiger partial charge in [0.15, 0.2) is 0 Å². The third-order valence-electron chi connectivity index (χ3n) is 4.23. The van der Waals surface area contributed by atoms with Crippen LogP contribution in [0.15, 0.2) is 24.3 Å². The zero-order chi connectivity index (χ0) is 16.3. The highest BCUT2D eigenvalue weighted by molar-refractivity contribution is 5.78. The maximum Gasteiger partial charge on any atom is 0.225 e. The average Bonchev–Trinajstić information content (AvgIpc) is 2.47. The van der Waals surface area contributed by atoms with Crippen LogP contribution in [0.25, 0.3) is 0 Å². The van der Waals surface area contributed by atoms with Crippen LogP contribution in [0, 0.1) is 11.7 Å². The van der Waals surface area contributed by atoms with Gasteiger partial charge in [0.05, 0.1) is 5.54 Å². The molecule has 2 amide bonds. The molecular weight excluding hydrogens is 283 g/mol. The van der Waals surface area contributed by atoms with Gasteiger partial charge in [0, 0.05) is 31.5 Å². The predicted molar refractivity (Wildman–Crippen MR) is 82.5 cm³/mol. The van der Waals surface area contributed by atoms with Crippen LogP contribution in [-0.4, -0.2) is 29.8 Å². The van der Waals surface area contributed by atoms with E-state index in [1.54, 1.807) is 23.1 Å². The van der Waals surface area contributed by atoms with Crippen molar-refractivity contribution in [3.63, 3.8) is 0 Å². The van der Waals surface area contributed by atoms with Gasteiger partial charge in [-0.05, 0) is 18.9 Å². The van der Waals surface area contributed by atoms with Crippen LogP contribution < -0.4 is 5.32 Å². The summed E-state index contributed by atoms with van der Waals surface area (Å²) < 4.78 is 14.2. The lowest BCUT2D eigenvalue weighted by molar-refractivity contribution is -0.136. The predicted octanol–water partition coefficient (Wildman–Crippen LogP) is 2.44. The Labute approximate surface area is 130 Å². The molecule has 0 aliphatic carbocycles. The Morgan fingerprint density at radius 2 is 1.82 bits per heavy atom. The first-order valence-electron chi connectivity index (χ1n) is 7.68. The van der Waals surface area contributed by atoms with E-state index in [-0.39, 0.29) is 23.5 Å². The molecule has 0 spiro atoms. The van der Waals surface area contributed by atoms with E-state index >= 15 is 0 Å². The lowest BCUT2D eigenvalue weighted by Gasteiger charge is -2.43. The molecule has 5 heteroatoms. The lowest BCUT2D eigenvalue weighted by atomic mass is 9.80. The van der Waals surface area contributed by atoms with Crippen molar-refractivity contribution in [3.05, 3.63) is 35.6 Å². The van der Waals surface area contributed by atoms with Crippen molar-refractivity contribution in [1.29, 1.82) is 0 Å². The highest BCUT2D eigenvalue weighted by Crippen LogP contribution is 2.34. The van der Waals surface area contributed by atoms with Crippen LogP contribution in [0.4, 0.5) is 4.39 Å². The molecule has 0 radical (unpaired) electrons. The first kappa shape index (κ1) is 16.5. The van der Waals surface area contributed by atoms with E-state index in [2.05, 4.69) is 5.32 Å². The number of hydrogen-bond donors (Lipinski definition) is 1. The minimum atomic E-state index is -0.731. The molecule has 0 atom stereocenters. The summed E-state index contributed by atoms with van der Waals surface area (Å²) in [6.07, 6.45) is 1.04. The van der Waals surface area contributed by atoms with Crippen LogP contribution >= 0.6 is 0 Å². The Bertz CT molecular complexity index is 564. The molecule has 0 saturated carbocycles. The Morgan fingerprint density at radius 3 is 2.32 bits per heavy atom. The van der Waals surface area contributed by atoms with Gasteiger partial charge in [-0.25, -0.2) is 4.39 Å². The zero-order valence-electron chi connectivity index (χ0n) is 13.4. The molecule has 2 rings (SSSR count). The monoisotopic (exact) mass is 306 g/mol. The van der Waals surface area contributed by atoms with E-state index in [0.717, 1.165) is 0 Å². The Hall–Kier alpha value is -1.91. The number of nitrogens with zero attached hydrogens (tertiary/aromatic N) is 1. The van der Waals surface area contributed by atoms with Gasteiger partial charge < -0.3 is 10.2 Å². The molecule has 1 aromatic rings. The van der Waals surface area contributed by atoms with Crippen LogP contribution in [0.5, 0.6) is 0 Å². The molecule has 1 heterocycles. The van der Waals surface area contributed by atoms with E-state index in [9.17, 15) is 14.0 Å². The van der Waals surface area contributed by atoms with E-state index in [0.29, 0.717) is 31.5 Å². The summed E-state index contributed by atoms with van der Waals surface area (Å²) in [4.78, 5) is 25.5. The fraction of sp³-hybridized carbons (Fsp3) is 0.529. The molecule has 1 aromatic carbocycles. The second-order valence-corrected chi connectivity index (χ2v) is 6.22. The van der Waals surface area contributed by atoms with Gasteiger partial charge in [0.1, 0.15) is 5.82 Å². The van der Waals surface area contributed by atoms with E-state index < -0.39 is 5.54 Å². The van der Waals surface area contributed by atoms with E-state index in [1.807, 2.05) is 13.8 Å². The van der Waals surface area contributed by atoms with Gasteiger partial charge in [-0.1, -0.05) is 32.0 Å². The summed E-state index contributed by atoms with van der Waals surface area (Å²) in [5.74, 6) is -0.460. The fourth-order valence-corrected chi connectivity index (χ4v) is 3.12. The summed E-state index contributed by atoms with van der Waals surface area (Å²) >= 11 is 0. The summed E-state index contributed by atoms with van der Waals surface area (Å²) in [5.41, 5.74) is -0.230. The number of rotatable bonds is 3. The molecule has 1 aliphatic rings. The summed E-state index contributed by atoms with van der Waals surface area (Å²) in [6, 6.07) is 6.53. The summed E-state index contributed by atoms with van der Waals surface area (Å²) in [7, 11) is 0. The number of halogens is 1. The maximum atomic E-state index is 14.2. The molecule has 1 aliphatic heterocycles. The molecule has 0 unspecified atom stereocenters. The fourth-order valence-electron chi connectivity index (χ4n) is 3.12. The Balaban J connectivity index is 2.26. The lowest BCUT2D eigenvalue weighted by Crippen LogP contribution is -2.54. The van der Waals surface area contributed by atoms with Crippen LogP contribution in [0.3, 0.4) is 0 Å². The number of hydrogen-bond acceptors (Lipinski definition) is 2. The van der Waals surface area contributed by atoms with Crippen LogP contribution in [-0.2, 0) is 15.1 Å². The number of carbonyl (C=O) groups excluding carboxylic acids is 2. The van der Waals surface area contributed by atoms with Gasteiger partial charge in [-0.15, -0.1) is 0 Å². The third-order valence-corrected chi connectivity index (χ3v) is 4.23. The number of amides is 2. The minimum absolute atomic E-state index is 0.0540. The average molecular weight is 306 g/mol. The largest absolute Gasteiger partial charge is 0.347 e. The van der Waals surface area contributed by atoms with Gasteiger partial charge in [-0.2, -0.15) is 0 Å². The van der Waals surface area contributed by atoms with Crippen molar-refractivity contribution in [1.82, 2.24) is 10.2 Å². The zero-order valence-corrected chi connectivity index (χ0v) is 13.4. The van der Waals surface area contributed by atoms with Gasteiger partial charge >= 0.3 is 0 Å². The molecule has 0 aromatic heterocycles. The first-order chi connectivity index (χ1) is 10.4. The highest BCUT2D eigenvalue weighted by atomic mass is 19.1. The molecule has 1 N–H and O–H groups in total. The van der Waals surface area contributed by atoms with Crippen molar-refractivity contribution in [2.45, 2.75) is 39.2 Å². The second kappa shape index (κ2) is 6.46. The smallest absolute Gasteiger partial charge is 0.225 e. The van der Waals surface area contributed by atoms with Gasteiger partial charge in [-0.3, -0.25) is 9.59 Å². The molecule has 22 heavy (non-hydrogen) atoms.